The van der Waals surface area contributed by atoms with Crippen LogP contribution < -0.4 is 10.6 Å². The average Bonchev–Trinajstić information content (AvgIpc) is 3.10. The van der Waals surface area contributed by atoms with Gasteiger partial charge in [0.05, 0.1) is 27.7 Å². The fourth-order valence-electron chi connectivity index (χ4n) is 3.61. The lowest BCUT2D eigenvalue weighted by Crippen LogP contribution is -2.27. The Morgan fingerprint density at radius 1 is 1.00 bits per heavy atom. The molecule has 0 bridgehead atoms. The summed E-state index contributed by atoms with van der Waals surface area (Å²) in [5, 5.41) is 7.01. The zero-order valence-electron chi connectivity index (χ0n) is 17.8. The van der Waals surface area contributed by atoms with Gasteiger partial charge in [-0.25, -0.2) is 0 Å². The quantitative estimate of drug-likeness (QED) is 0.359. The molecule has 4 rings (SSSR count). The highest BCUT2D eigenvalue weighted by Crippen LogP contribution is 2.33. The average molecular weight is 482 g/mol. The summed E-state index contributed by atoms with van der Waals surface area (Å²) in [6.07, 6.45) is 2.54. The second-order valence-corrected chi connectivity index (χ2v) is 8.28. The van der Waals surface area contributed by atoms with E-state index in [-0.39, 0.29) is 27.9 Å². The number of rotatable bonds is 7. The number of aryl methyl sites for hydroxylation is 1. The Labute approximate surface area is 200 Å². The number of aromatic nitrogens is 1. The molecule has 0 fully saturated rings. The standard InChI is InChI=1S/C25H21Cl2N3O3/c1-15-18(14-22(31)29-13-11-16-6-2-3-12-28-16)17-7-4-10-21(24(17)33-15)30-25(32)23-19(26)8-5-9-20(23)27/h2-10,12H,11,13-14H2,1H3,(H,29,31)(H,30,32). The number of benzene rings is 2. The maximum Gasteiger partial charge on any atom is 0.258 e. The number of furan rings is 1. The van der Waals surface area contributed by atoms with Gasteiger partial charge < -0.3 is 15.1 Å². The van der Waals surface area contributed by atoms with E-state index in [0.29, 0.717) is 30.0 Å². The Morgan fingerprint density at radius 3 is 2.48 bits per heavy atom. The number of para-hydroxylation sites is 1. The number of carbonyl (C=O) groups excluding carboxylic acids is 2. The normalized spacial score (nSPS) is 10.9. The largest absolute Gasteiger partial charge is 0.459 e. The van der Waals surface area contributed by atoms with Gasteiger partial charge in [0.15, 0.2) is 5.58 Å². The van der Waals surface area contributed by atoms with Gasteiger partial charge in [-0.15, -0.1) is 0 Å². The molecule has 0 unspecified atom stereocenters. The van der Waals surface area contributed by atoms with Crippen LogP contribution in [0.4, 0.5) is 5.69 Å². The molecule has 0 saturated carbocycles. The third kappa shape index (κ3) is 5.18. The third-order valence-electron chi connectivity index (χ3n) is 5.23. The predicted octanol–water partition coefficient (Wildman–Crippen LogP) is 5.60. The lowest BCUT2D eigenvalue weighted by Gasteiger charge is -2.09. The molecule has 4 aromatic rings. The summed E-state index contributed by atoms with van der Waals surface area (Å²) in [7, 11) is 0. The van der Waals surface area contributed by atoms with Gasteiger partial charge >= 0.3 is 0 Å². The van der Waals surface area contributed by atoms with Crippen LogP contribution in [-0.2, 0) is 17.6 Å². The van der Waals surface area contributed by atoms with Crippen molar-refractivity contribution in [2.24, 2.45) is 0 Å². The Kier molecular flexibility index (Phi) is 6.96. The van der Waals surface area contributed by atoms with Gasteiger partial charge in [-0.1, -0.05) is 47.5 Å². The molecule has 8 heteroatoms. The van der Waals surface area contributed by atoms with Crippen LogP contribution in [0.1, 0.15) is 27.4 Å². The minimum Gasteiger partial charge on any atom is -0.459 e. The molecule has 0 saturated heterocycles. The van der Waals surface area contributed by atoms with E-state index < -0.39 is 5.91 Å². The van der Waals surface area contributed by atoms with Gasteiger partial charge in [-0.3, -0.25) is 14.6 Å². The number of hydrogen-bond acceptors (Lipinski definition) is 4. The molecule has 0 atom stereocenters. The molecule has 0 spiro atoms. The van der Waals surface area contributed by atoms with Gasteiger partial charge in [0.2, 0.25) is 5.91 Å². The highest BCUT2D eigenvalue weighted by molar-refractivity contribution is 6.40. The summed E-state index contributed by atoms with van der Waals surface area (Å²) in [4.78, 5) is 29.6. The van der Waals surface area contributed by atoms with Gasteiger partial charge in [0, 0.05) is 35.8 Å². The molecular weight excluding hydrogens is 461 g/mol. The zero-order valence-corrected chi connectivity index (χ0v) is 19.3. The van der Waals surface area contributed by atoms with Crippen LogP contribution in [0, 0.1) is 6.92 Å². The molecule has 0 aliphatic rings. The summed E-state index contributed by atoms with van der Waals surface area (Å²) >= 11 is 12.3. The molecule has 168 valence electrons. The van der Waals surface area contributed by atoms with Gasteiger partial charge in [-0.05, 0) is 37.3 Å². The first kappa shape index (κ1) is 22.8. The van der Waals surface area contributed by atoms with E-state index >= 15 is 0 Å². The van der Waals surface area contributed by atoms with E-state index in [0.717, 1.165) is 16.6 Å². The molecule has 33 heavy (non-hydrogen) atoms. The summed E-state index contributed by atoms with van der Waals surface area (Å²) in [5.74, 6) is 0.0531. The Balaban J connectivity index is 1.49. The van der Waals surface area contributed by atoms with Crippen LogP contribution >= 0.6 is 23.2 Å². The zero-order chi connectivity index (χ0) is 23.4. The molecule has 2 aromatic carbocycles. The topological polar surface area (TPSA) is 84.2 Å². The highest BCUT2D eigenvalue weighted by atomic mass is 35.5. The Morgan fingerprint density at radius 2 is 1.76 bits per heavy atom. The van der Waals surface area contributed by atoms with Crippen molar-refractivity contribution in [3.05, 3.63) is 93.4 Å². The number of pyridine rings is 1. The van der Waals surface area contributed by atoms with Crippen molar-refractivity contribution in [3.8, 4) is 0 Å². The molecule has 2 heterocycles. The molecule has 0 aliphatic carbocycles. The van der Waals surface area contributed by atoms with E-state index in [2.05, 4.69) is 15.6 Å². The van der Waals surface area contributed by atoms with Crippen LogP contribution in [0.25, 0.3) is 11.0 Å². The maximum absolute atomic E-state index is 12.8. The van der Waals surface area contributed by atoms with Crippen molar-refractivity contribution in [2.45, 2.75) is 19.8 Å². The number of amides is 2. The van der Waals surface area contributed by atoms with E-state index in [9.17, 15) is 9.59 Å². The Bertz CT molecular complexity index is 1300. The van der Waals surface area contributed by atoms with Crippen molar-refractivity contribution in [1.29, 1.82) is 0 Å². The predicted molar refractivity (Wildman–Crippen MR) is 130 cm³/mol. The van der Waals surface area contributed by atoms with E-state index in [1.165, 1.54) is 0 Å². The van der Waals surface area contributed by atoms with Crippen LogP contribution in [0.2, 0.25) is 10.0 Å². The molecule has 0 radical (unpaired) electrons. The smallest absolute Gasteiger partial charge is 0.258 e. The summed E-state index contributed by atoms with van der Waals surface area (Å²) in [6.45, 7) is 2.29. The number of nitrogens with one attached hydrogen (secondary N) is 2. The van der Waals surface area contributed by atoms with Crippen molar-refractivity contribution >= 4 is 51.7 Å². The molecule has 2 N–H and O–H groups in total. The van der Waals surface area contributed by atoms with Gasteiger partial charge in [-0.2, -0.15) is 0 Å². The van der Waals surface area contributed by atoms with Crippen LogP contribution in [0.15, 0.2) is 65.2 Å². The second-order valence-electron chi connectivity index (χ2n) is 7.47. The number of halogens is 2. The minimum atomic E-state index is -0.444. The first-order valence-corrected chi connectivity index (χ1v) is 11.1. The number of carbonyl (C=O) groups is 2. The SMILES string of the molecule is Cc1oc2c(NC(=O)c3c(Cl)cccc3Cl)cccc2c1CC(=O)NCCc1ccccn1. The molecule has 0 aliphatic heterocycles. The van der Waals surface area contributed by atoms with Crippen LogP contribution in [0.3, 0.4) is 0 Å². The monoisotopic (exact) mass is 481 g/mol. The van der Waals surface area contributed by atoms with E-state index in [4.69, 9.17) is 27.6 Å². The minimum absolute atomic E-state index is 0.117. The fourth-order valence-corrected chi connectivity index (χ4v) is 4.17. The fraction of sp³-hybridized carbons (Fsp3) is 0.160. The third-order valence-corrected chi connectivity index (χ3v) is 5.86. The first-order valence-electron chi connectivity index (χ1n) is 10.4. The van der Waals surface area contributed by atoms with Crippen LogP contribution in [0.5, 0.6) is 0 Å². The number of nitrogens with zero attached hydrogens (tertiary/aromatic N) is 1. The van der Waals surface area contributed by atoms with Crippen molar-refractivity contribution in [2.75, 3.05) is 11.9 Å². The Hall–Kier alpha value is -3.35. The lowest BCUT2D eigenvalue weighted by atomic mass is 10.1. The van der Waals surface area contributed by atoms with Crippen LogP contribution in [-0.4, -0.2) is 23.3 Å². The number of hydrogen-bond donors (Lipinski definition) is 2. The maximum atomic E-state index is 12.8. The first-order chi connectivity index (χ1) is 15.9. The van der Waals surface area contributed by atoms with Crippen molar-refractivity contribution in [1.82, 2.24) is 10.3 Å². The van der Waals surface area contributed by atoms with Gasteiger partial charge in [0.1, 0.15) is 5.76 Å². The van der Waals surface area contributed by atoms with E-state index in [1.54, 1.807) is 43.5 Å². The van der Waals surface area contributed by atoms with E-state index in [1.807, 2.05) is 24.3 Å². The van der Waals surface area contributed by atoms with Gasteiger partial charge in [0.25, 0.3) is 5.91 Å². The number of anilines is 1. The molecule has 2 aromatic heterocycles. The second kappa shape index (κ2) is 10.1. The summed E-state index contributed by atoms with van der Waals surface area (Å²) < 4.78 is 5.93. The molecular formula is C25H21Cl2N3O3. The van der Waals surface area contributed by atoms with Crippen molar-refractivity contribution in [3.63, 3.8) is 0 Å². The lowest BCUT2D eigenvalue weighted by molar-refractivity contribution is -0.120. The summed E-state index contributed by atoms with van der Waals surface area (Å²) in [5.41, 5.74) is 2.84. The highest BCUT2D eigenvalue weighted by Gasteiger charge is 2.20. The van der Waals surface area contributed by atoms with Crippen molar-refractivity contribution < 1.29 is 14.0 Å². The molecule has 2 amide bonds. The number of fused-ring (bicyclic) bond motifs is 1. The molecule has 6 nitrogen and oxygen atoms in total. The summed E-state index contributed by atoms with van der Waals surface area (Å²) in [6, 6.07) is 16.0.